The van der Waals surface area contributed by atoms with Crippen LogP contribution in [0.3, 0.4) is 0 Å². The highest BCUT2D eigenvalue weighted by atomic mass is 28.3. The van der Waals surface area contributed by atoms with Gasteiger partial charge in [0, 0.05) is 21.3 Å². The van der Waals surface area contributed by atoms with Gasteiger partial charge in [-0.1, -0.05) is 6.07 Å². The van der Waals surface area contributed by atoms with Crippen molar-refractivity contribution in [3.8, 4) is 0 Å². The van der Waals surface area contributed by atoms with Crippen molar-refractivity contribution in [2.75, 3.05) is 21.3 Å². The van der Waals surface area contributed by atoms with Gasteiger partial charge in [-0.05, 0) is 17.3 Å². The molecule has 5 nitrogen and oxygen atoms in total. The van der Waals surface area contributed by atoms with Crippen molar-refractivity contribution in [3.63, 3.8) is 0 Å². The molecule has 2 rings (SSSR count). The van der Waals surface area contributed by atoms with Gasteiger partial charge in [0.15, 0.2) is 0 Å². The van der Waals surface area contributed by atoms with E-state index in [1.165, 1.54) is 7.05 Å². The number of hydrogen-bond donors (Lipinski definition) is 0. The van der Waals surface area contributed by atoms with Gasteiger partial charge in [-0.15, -0.1) is 0 Å². The Balaban J connectivity index is 2.46. The zero-order chi connectivity index (χ0) is 12.6. The van der Waals surface area contributed by atoms with Crippen LogP contribution in [-0.4, -0.2) is 47.3 Å². The highest BCUT2D eigenvalue weighted by Crippen LogP contribution is 2.20. The number of imide groups is 1. The molecule has 2 amide bonds. The van der Waals surface area contributed by atoms with Gasteiger partial charge in [0.25, 0.3) is 11.8 Å². The van der Waals surface area contributed by atoms with Crippen LogP contribution >= 0.6 is 0 Å². The standard InChI is InChI=1S/C11H12NO4Si/c1-12-10(13)8-5-4-7(17(15-2)16-3)6-9(8)11(12)14/h4-6H,1-3H3. The molecule has 1 aliphatic rings. The Hall–Kier alpha value is -1.50. The van der Waals surface area contributed by atoms with Crippen LogP contribution in [0.15, 0.2) is 18.2 Å². The Bertz CT molecular complexity index is 484. The van der Waals surface area contributed by atoms with Crippen molar-refractivity contribution >= 4 is 26.3 Å². The molecule has 0 saturated heterocycles. The molecule has 1 radical (unpaired) electrons. The van der Waals surface area contributed by atoms with Crippen LogP contribution in [0.1, 0.15) is 20.7 Å². The van der Waals surface area contributed by atoms with Gasteiger partial charge >= 0.3 is 9.28 Å². The first-order valence-corrected chi connectivity index (χ1v) is 6.33. The molecule has 0 atom stereocenters. The fourth-order valence-electron chi connectivity index (χ4n) is 1.81. The van der Waals surface area contributed by atoms with E-state index in [0.29, 0.717) is 11.1 Å². The van der Waals surface area contributed by atoms with Gasteiger partial charge in [0.1, 0.15) is 0 Å². The number of fused-ring (bicyclic) bond motifs is 1. The molecule has 0 unspecified atom stereocenters. The minimum absolute atomic E-state index is 0.264. The van der Waals surface area contributed by atoms with Crippen molar-refractivity contribution in [3.05, 3.63) is 29.3 Å². The molecule has 0 saturated carbocycles. The van der Waals surface area contributed by atoms with Gasteiger partial charge < -0.3 is 8.85 Å². The Morgan fingerprint density at radius 3 is 2.24 bits per heavy atom. The van der Waals surface area contributed by atoms with E-state index >= 15 is 0 Å². The Morgan fingerprint density at radius 1 is 1.06 bits per heavy atom. The first kappa shape index (κ1) is 12.0. The summed E-state index contributed by atoms with van der Waals surface area (Å²) in [5.74, 6) is -0.541. The lowest BCUT2D eigenvalue weighted by molar-refractivity contribution is 0.0693. The number of carbonyl (C=O) groups is 2. The van der Waals surface area contributed by atoms with Crippen molar-refractivity contribution < 1.29 is 18.4 Å². The molecule has 6 heteroatoms. The minimum atomic E-state index is -1.56. The fraction of sp³-hybridized carbons (Fsp3) is 0.273. The van der Waals surface area contributed by atoms with Gasteiger partial charge in [-0.3, -0.25) is 14.5 Å². The van der Waals surface area contributed by atoms with E-state index in [4.69, 9.17) is 8.85 Å². The van der Waals surface area contributed by atoms with Crippen molar-refractivity contribution in [1.29, 1.82) is 0 Å². The third-order valence-electron chi connectivity index (χ3n) is 2.70. The molecule has 1 heterocycles. The molecule has 0 N–H and O–H groups in total. The van der Waals surface area contributed by atoms with Gasteiger partial charge in [-0.2, -0.15) is 0 Å². The van der Waals surface area contributed by atoms with Gasteiger partial charge in [0.05, 0.1) is 11.1 Å². The summed E-state index contributed by atoms with van der Waals surface area (Å²) in [5, 5.41) is 0.815. The summed E-state index contributed by atoms with van der Waals surface area (Å²) < 4.78 is 10.4. The van der Waals surface area contributed by atoms with E-state index in [1.807, 2.05) is 0 Å². The van der Waals surface area contributed by atoms with E-state index in [1.54, 1.807) is 32.4 Å². The highest BCUT2D eigenvalue weighted by molar-refractivity contribution is 6.61. The van der Waals surface area contributed by atoms with Crippen LogP contribution in [0.4, 0.5) is 0 Å². The Labute approximate surface area is 101 Å². The molecule has 0 aromatic heterocycles. The molecule has 17 heavy (non-hydrogen) atoms. The van der Waals surface area contributed by atoms with Gasteiger partial charge in [0.2, 0.25) is 0 Å². The summed E-state index contributed by atoms with van der Waals surface area (Å²) in [7, 11) is 3.03. The second-order valence-corrected chi connectivity index (χ2v) is 5.59. The molecule has 0 fully saturated rings. The van der Waals surface area contributed by atoms with Crippen LogP contribution in [0.25, 0.3) is 0 Å². The molecule has 1 aromatic carbocycles. The summed E-state index contributed by atoms with van der Waals surface area (Å²) in [4.78, 5) is 24.6. The lowest BCUT2D eigenvalue weighted by atomic mass is 10.1. The van der Waals surface area contributed by atoms with E-state index in [9.17, 15) is 9.59 Å². The molecule has 0 aliphatic carbocycles. The zero-order valence-electron chi connectivity index (χ0n) is 9.81. The Kier molecular flexibility index (Phi) is 3.10. The molecule has 1 aliphatic heterocycles. The number of benzene rings is 1. The number of amides is 2. The van der Waals surface area contributed by atoms with E-state index in [0.717, 1.165) is 10.1 Å². The second-order valence-electron chi connectivity index (χ2n) is 3.63. The maximum absolute atomic E-state index is 11.8. The van der Waals surface area contributed by atoms with E-state index in [2.05, 4.69) is 0 Å². The maximum atomic E-state index is 11.8. The molecular weight excluding hydrogens is 238 g/mol. The molecule has 1 aromatic rings. The van der Waals surface area contributed by atoms with Gasteiger partial charge in [-0.25, -0.2) is 0 Å². The average molecular weight is 250 g/mol. The maximum Gasteiger partial charge on any atom is 0.423 e. The van der Waals surface area contributed by atoms with Crippen LogP contribution < -0.4 is 5.19 Å². The van der Waals surface area contributed by atoms with Crippen molar-refractivity contribution in [1.82, 2.24) is 4.90 Å². The lowest BCUT2D eigenvalue weighted by Gasteiger charge is -2.09. The zero-order valence-corrected chi connectivity index (χ0v) is 10.8. The van der Waals surface area contributed by atoms with Crippen molar-refractivity contribution in [2.24, 2.45) is 0 Å². The van der Waals surface area contributed by atoms with Crippen LogP contribution in [-0.2, 0) is 8.85 Å². The predicted molar refractivity (Wildman–Crippen MR) is 62.3 cm³/mol. The monoisotopic (exact) mass is 250 g/mol. The summed E-state index contributed by atoms with van der Waals surface area (Å²) in [5.41, 5.74) is 0.862. The van der Waals surface area contributed by atoms with Crippen molar-refractivity contribution in [2.45, 2.75) is 0 Å². The topological polar surface area (TPSA) is 55.8 Å². The summed E-state index contributed by atoms with van der Waals surface area (Å²) in [6.07, 6.45) is 0. The largest absolute Gasteiger partial charge is 0.423 e. The highest BCUT2D eigenvalue weighted by Gasteiger charge is 2.33. The predicted octanol–water partition coefficient (Wildman–Crippen LogP) is -0.0996. The third kappa shape index (κ3) is 1.80. The summed E-state index contributed by atoms with van der Waals surface area (Å²) >= 11 is 0. The smallest absolute Gasteiger partial charge is 0.393 e. The third-order valence-corrected chi connectivity index (χ3v) is 4.22. The quantitative estimate of drug-likeness (QED) is 0.555. The first-order valence-electron chi connectivity index (χ1n) is 5.02. The molecule has 0 bridgehead atoms. The Morgan fingerprint density at radius 2 is 1.65 bits per heavy atom. The molecule has 0 spiro atoms. The number of carbonyl (C=O) groups excluding carboxylic acids is 2. The second kappa shape index (κ2) is 4.40. The number of rotatable bonds is 3. The van der Waals surface area contributed by atoms with E-state index in [-0.39, 0.29) is 11.8 Å². The lowest BCUT2D eigenvalue weighted by Crippen LogP contribution is -2.35. The molecule has 89 valence electrons. The van der Waals surface area contributed by atoms with E-state index < -0.39 is 9.28 Å². The minimum Gasteiger partial charge on any atom is -0.393 e. The van der Waals surface area contributed by atoms with Crippen LogP contribution in [0, 0.1) is 0 Å². The first-order chi connectivity index (χ1) is 8.10. The average Bonchev–Trinajstić information content (AvgIpc) is 2.56. The number of hydrogen-bond acceptors (Lipinski definition) is 4. The van der Waals surface area contributed by atoms with Crippen LogP contribution in [0.5, 0.6) is 0 Å². The fourth-order valence-corrected chi connectivity index (χ4v) is 2.93. The summed E-state index contributed by atoms with van der Waals surface area (Å²) in [6, 6.07) is 5.10. The number of nitrogens with zero attached hydrogens (tertiary/aromatic N) is 1. The summed E-state index contributed by atoms with van der Waals surface area (Å²) in [6.45, 7) is 0. The SMILES string of the molecule is CO[Si](OC)c1ccc2c(c1)C(=O)N(C)C2=O. The van der Waals surface area contributed by atoms with Crippen LogP contribution in [0.2, 0.25) is 0 Å². The molecular formula is C11H12NO4Si. The normalized spacial score (nSPS) is 14.7.